The van der Waals surface area contributed by atoms with Crippen LogP contribution in [0.3, 0.4) is 0 Å². The predicted octanol–water partition coefficient (Wildman–Crippen LogP) is 1.82. The fraction of sp³-hybridized carbons (Fsp3) is 0.565. The predicted molar refractivity (Wildman–Crippen MR) is 110 cm³/mol. The minimum atomic E-state index is -1.28. The van der Waals surface area contributed by atoms with E-state index in [2.05, 4.69) is 17.1 Å². The lowest BCUT2D eigenvalue weighted by atomic mass is 9.84. The highest BCUT2D eigenvalue weighted by Gasteiger charge is 2.59. The van der Waals surface area contributed by atoms with Crippen LogP contribution in [0.15, 0.2) is 29.3 Å². The number of hydrogen-bond donors (Lipinski definition) is 0. The van der Waals surface area contributed by atoms with Crippen LogP contribution in [0, 0.1) is 0 Å². The first kappa shape index (κ1) is 20.9. The van der Waals surface area contributed by atoms with Gasteiger partial charge in [-0.1, -0.05) is 24.3 Å². The highest BCUT2D eigenvalue weighted by atomic mass is 16.6. The molecule has 0 aromatic heterocycles. The molecule has 1 aliphatic carbocycles. The van der Waals surface area contributed by atoms with Crippen LogP contribution >= 0.6 is 0 Å². The smallest absolute Gasteiger partial charge is 0.303 e. The maximum absolute atomic E-state index is 12.9. The Balaban J connectivity index is 1.28. The fourth-order valence-corrected chi connectivity index (χ4v) is 5.34. The van der Waals surface area contributed by atoms with Gasteiger partial charge in [-0.3, -0.25) is 14.4 Å². The van der Waals surface area contributed by atoms with E-state index in [0.29, 0.717) is 19.7 Å². The Morgan fingerprint density at radius 2 is 1.66 bits per heavy atom. The van der Waals surface area contributed by atoms with Crippen molar-refractivity contribution in [3.8, 4) is 0 Å². The molecular formula is C23H26N2O7. The molecule has 1 aromatic carbocycles. The summed E-state index contributed by atoms with van der Waals surface area (Å²) in [5.41, 5.74) is 0.887. The van der Waals surface area contributed by atoms with Gasteiger partial charge in [-0.25, -0.2) is 0 Å². The molecule has 1 amide bonds. The number of aliphatic imine (C=N–C) groups is 1. The van der Waals surface area contributed by atoms with Crippen molar-refractivity contribution in [3.05, 3.63) is 35.4 Å². The van der Waals surface area contributed by atoms with E-state index in [9.17, 15) is 14.4 Å². The zero-order chi connectivity index (χ0) is 22.5. The SMILES string of the molecule is CC(=O)O[C@H]1CC2(C[C@H]1OC(C)=O)OC(N1CCC3(CC1)OCc1ccccc13)=NC2=O. The van der Waals surface area contributed by atoms with Crippen molar-refractivity contribution < 1.29 is 33.3 Å². The summed E-state index contributed by atoms with van der Waals surface area (Å²) in [5, 5.41) is 0. The van der Waals surface area contributed by atoms with Crippen molar-refractivity contribution in [2.45, 2.75) is 69.5 Å². The molecule has 1 aromatic rings. The quantitative estimate of drug-likeness (QED) is 0.639. The molecule has 9 nitrogen and oxygen atoms in total. The van der Waals surface area contributed by atoms with Crippen molar-refractivity contribution in [1.82, 2.24) is 4.90 Å². The first-order valence-electron chi connectivity index (χ1n) is 10.9. The summed E-state index contributed by atoms with van der Waals surface area (Å²) >= 11 is 0. The number of ether oxygens (including phenoxy) is 4. The number of amidine groups is 1. The second-order valence-electron chi connectivity index (χ2n) is 8.93. The number of likely N-dealkylation sites (tertiary alicyclic amines) is 1. The van der Waals surface area contributed by atoms with E-state index >= 15 is 0 Å². The number of hydrogen-bond acceptors (Lipinski definition) is 8. The summed E-state index contributed by atoms with van der Waals surface area (Å²) in [6.45, 7) is 4.45. The Labute approximate surface area is 185 Å². The zero-order valence-corrected chi connectivity index (χ0v) is 18.2. The Bertz CT molecular complexity index is 972. The van der Waals surface area contributed by atoms with Crippen molar-refractivity contribution in [1.29, 1.82) is 0 Å². The number of fused-ring (bicyclic) bond motifs is 2. The normalized spacial score (nSPS) is 30.2. The molecule has 1 unspecified atom stereocenters. The molecule has 3 atom stereocenters. The molecule has 0 radical (unpaired) electrons. The Kier molecular flexibility index (Phi) is 4.96. The molecule has 3 aliphatic heterocycles. The van der Waals surface area contributed by atoms with Gasteiger partial charge in [-0.2, -0.15) is 4.99 Å². The first-order valence-corrected chi connectivity index (χ1v) is 10.9. The number of amides is 1. The monoisotopic (exact) mass is 442 g/mol. The van der Waals surface area contributed by atoms with E-state index in [0.717, 1.165) is 12.8 Å². The number of nitrogens with zero attached hydrogens (tertiary/aromatic N) is 2. The van der Waals surface area contributed by atoms with Gasteiger partial charge in [0.15, 0.2) is 5.60 Å². The van der Waals surface area contributed by atoms with Crippen LogP contribution in [0.5, 0.6) is 0 Å². The summed E-state index contributed by atoms with van der Waals surface area (Å²) in [6.07, 6.45) is 0.236. The lowest BCUT2D eigenvalue weighted by Gasteiger charge is -2.39. The van der Waals surface area contributed by atoms with Crippen LogP contribution in [0.1, 0.15) is 50.7 Å². The van der Waals surface area contributed by atoms with E-state index in [-0.39, 0.29) is 24.5 Å². The van der Waals surface area contributed by atoms with Crippen LogP contribution in [-0.2, 0) is 45.5 Å². The molecule has 1 saturated carbocycles. The van der Waals surface area contributed by atoms with Gasteiger partial charge < -0.3 is 23.8 Å². The molecule has 4 aliphatic rings. The summed E-state index contributed by atoms with van der Waals surface area (Å²) in [6, 6.07) is 8.57. The van der Waals surface area contributed by atoms with E-state index in [1.54, 1.807) is 0 Å². The molecule has 2 fully saturated rings. The summed E-state index contributed by atoms with van der Waals surface area (Å²) in [4.78, 5) is 42.0. The lowest BCUT2D eigenvalue weighted by molar-refractivity contribution is -0.162. The van der Waals surface area contributed by atoms with Crippen LogP contribution in [0.4, 0.5) is 0 Å². The molecule has 5 rings (SSSR count). The van der Waals surface area contributed by atoms with Gasteiger partial charge in [-0.05, 0) is 24.0 Å². The number of esters is 2. The first-order chi connectivity index (χ1) is 15.3. The van der Waals surface area contributed by atoms with Gasteiger partial charge in [0.2, 0.25) is 0 Å². The van der Waals surface area contributed by atoms with Gasteiger partial charge in [0.1, 0.15) is 12.2 Å². The molecule has 0 bridgehead atoms. The third-order valence-corrected chi connectivity index (χ3v) is 6.84. The van der Waals surface area contributed by atoms with Crippen LogP contribution in [0.25, 0.3) is 0 Å². The Morgan fingerprint density at radius 1 is 1.03 bits per heavy atom. The number of rotatable bonds is 2. The number of carbonyl (C=O) groups excluding carboxylic acids is 3. The van der Waals surface area contributed by atoms with Gasteiger partial charge >= 0.3 is 11.9 Å². The van der Waals surface area contributed by atoms with Crippen molar-refractivity contribution in [3.63, 3.8) is 0 Å². The van der Waals surface area contributed by atoms with Crippen molar-refractivity contribution in [2.24, 2.45) is 4.99 Å². The lowest BCUT2D eigenvalue weighted by Crippen LogP contribution is -2.46. The van der Waals surface area contributed by atoms with Crippen LogP contribution in [0.2, 0.25) is 0 Å². The number of piperidine rings is 1. The standard InChI is InChI=1S/C23H26N2O7/c1-14(26)30-18-11-23(12-19(18)31-15(2)27)20(28)24-21(32-23)25-9-7-22(8-10-25)17-6-4-3-5-16(17)13-29-22/h3-6,18-19H,7-13H2,1-2H3/t18-,19+,23?. The van der Waals surface area contributed by atoms with Gasteiger partial charge in [0.05, 0.1) is 12.2 Å². The number of benzene rings is 1. The van der Waals surface area contributed by atoms with Gasteiger partial charge in [0, 0.05) is 39.8 Å². The average Bonchev–Trinajstić information content (AvgIpc) is 3.37. The maximum Gasteiger partial charge on any atom is 0.303 e. The molecule has 0 N–H and O–H groups in total. The largest absolute Gasteiger partial charge is 0.458 e. The zero-order valence-electron chi connectivity index (χ0n) is 18.2. The van der Waals surface area contributed by atoms with Gasteiger partial charge in [0.25, 0.3) is 11.9 Å². The fourth-order valence-electron chi connectivity index (χ4n) is 5.34. The molecular weight excluding hydrogens is 416 g/mol. The summed E-state index contributed by atoms with van der Waals surface area (Å²) in [5.74, 6) is -1.44. The molecule has 9 heteroatoms. The molecule has 3 heterocycles. The summed E-state index contributed by atoms with van der Waals surface area (Å²) < 4.78 is 22.9. The average molecular weight is 442 g/mol. The third kappa shape index (κ3) is 3.44. The third-order valence-electron chi connectivity index (χ3n) is 6.84. The minimum Gasteiger partial charge on any atom is -0.458 e. The van der Waals surface area contributed by atoms with Gasteiger partial charge in [-0.15, -0.1) is 0 Å². The second kappa shape index (κ2) is 7.58. The highest BCUT2D eigenvalue weighted by Crippen LogP contribution is 2.45. The van der Waals surface area contributed by atoms with E-state index in [1.807, 2.05) is 17.0 Å². The maximum atomic E-state index is 12.9. The Morgan fingerprint density at radius 3 is 2.28 bits per heavy atom. The van der Waals surface area contributed by atoms with Crippen LogP contribution in [-0.4, -0.2) is 59.7 Å². The molecule has 2 spiro atoms. The van der Waals surface area contributed by atoms with E-state index in [4.69, 9.17) is 18.9 Å². The van der Waals surface area contributed by atoms with E-state index in [1.165, 1.54) is 25.0 Å². The molecule has 170 valence electrons. The minimum absolute atomic E-state index is 0.102. The molecule has 1 saturated heterocycles. The van der Waals surface area contributed by atoms with Crippen LogP contribution < -0.4 is 0 Å². The van der Waals surface area contributed by atoms with Crippen molar-refractivity contribution >= 4 is 23.9 Å². The number of carbonyl (C=O) groups is 3. The highest BCUT2D eigenvalue weighted by molar-refractivity contribution is 6.01. The second-order valence-corrected chi connectivity index (χ2v) is 8.93. The summed E-state index contributed by atoms with van der Waals surface area (Å²) in [7, 11) is 0. The van der Waals surface area contributed by atoms with Crippen molar-refractivity contribution in [2.75, 3.05) is 13.1 Å². The topological polar surface area (TPSA) is 104 Å². The Hall–Kier alpha value is -2.94. The molecule has 32 heavy (non-hydrogen) atoms. The van der Waals surface area contributed by atoms with E-state index < -0.39 is 35.7 Å².